The fourth-order valence-corrected chi connectivity index (χ4v) is 3.02. The number of hydrogen-bond acceptors (Lipinski definition) is 8. The predicted molar refractivity (Wildman–Crippen MR) is 119 cm³/mol. The number of aromatic nitrogens is 3. The monoisotopic (exact) mass is 421 g/mol. The van der Waals surface area contributed by atoms with Crippen LogP contribution >= 0.6 is 0 Å². The van der Waals surface area contributed by atoms with Gasteiger partial charge in [-0.2, -0.15) is 0 Å². The fraction of sp³-hybridized carbons (Fsp3) is 0.190. The standard InChI is InChI=1S/C21H23N7O3/c1-28(17-7-8-24-11-15(17)22)9-3-6-18(29)26-14-5-2-4-13(10-14)16-12-25-20(23)19(27-16)21(30)31/h2,4-5,7-8,10-12H,3,6,9,22H2,1H3,(H2,23,25)(H,26,29)(H,30,31). The van der Waals surface area contributed by atoms with Gasteiger partial charge < -0.3 is 26.8 Å². The second-order valence-corrected chi connectivity index (χ2v) is 6.88. The lowest BCUT2D eigenvalue weighted by molar-refractivity contribution is -0.116. The van der Waals surface area contributed by atoms with Crippen molar-refractivity contribution in [2.45, 2.75) is 12.8 Å². The van der Waals surface area contributed by atoms with Crippen molar-refractivity contribution in [3.8, 4) is 11.3 Å². The third-order valence-electron chi connectivity index (χ3n) is 4.58. The molecule has 0 atom stereocenters. The highest BCUT2D eigenvalue weighted by Crippen LogP contribution is 2.23. The number of anilines is 4. The van der Waals surface area contributed by atoms with E-state index in [1.165, 1.54) is 6.20 Å². The van der Waals surface area contributed by atoms with Crippen LogP contribution in [-0.4, -0.2) is 45.5 Å². The lowest BCUT2D eigenvalue weighted by atomic mass is 10.1. The minimum Gasteiger partial charge on any atom is -0.476 e. The minimum absolute atomic E-state index is 0.136. The summed E-state index contributed by atoms with van der Waals surface area (Å²) in [5.41, 5.74) is 14.1. The molecule has 31 heavy (non-hydrogen) atoms. The molecule has 0 fully saturated rings. The van der Waals surface area contributed by atoms with Crippen molar-refractivity contribution in [3.05, 3.63) is 54.6 Å². The van der Waals surface area contributed by atoms with Crippen LogP contribution in [0.1, 0.15) is 23.3 Å². The van der Waals surface area contributed by atoms with Crippen molar-refractivity contribution in [2.24, 2.45) is 0 Å². The molecule has 6 N–H and O–H groups in total. The average Bonchev–Trinajstić information content (AvgIpc) is 2.74. The van der Waals surface area contributed by atoms with E-state index >= 15 is 0 Å². The van der Waals surface area contributed by atoms with Crippen molar-refractivity contribution < 1.29 is 14.7 Å². The Hall–Kier alpha value is -4.21. The summed E-state index contributed by atoms with van der Waals surface area (Å²) in [5.74, 6) is -1.54. The molecule has 0 radical (unpaired) electrons. The zero-order valence-corrected chi connectivity index (χ0v) is 16.9. The maximum Gasteiger partial charge on any atom is 0.358 e. The van der Waals surface area contributed by atoms with Gasteiger partial charge in [0.1, 0.15) is 0 Å². The molecule has 0 spiro atoms. The molecule has 2 heterocycles. The molecule has 1 aromatic carbocycles. The first kappa shape index (κ1) is 21.5. The largest absolute Gasteiger partial charge is 0.476 e. The summed E-state index contributed by atoms with van der Waals surface area (Å²) in [4.78, 5) is 37.4. The Morgan fingerprint density at radius 3 is 2.74 bits per heavy atom. The SMILES string of the molecule is CN(CCCC(=O)Nc1cccc(-c2cnc(N)c(C(=O)O)n2)c1)c1ccncc1N. The van der Waals surface area contributed by atoms with Crippen LogP contribution in [0.3, 0.4) is 0 Å². The van der Waals surface area contributed by atoms with Gasteiger partial charge in [-0.15, -0.1) is 0 Å². The first-order valence-electron chi connectivity index (χ1n) is 9.52. The van der Waals surface area contributed by atoms with E-state index in [0.717, 1.165) is 5.69 Å². The van der Waals surface area contributed by atoms with Gasteiger partial charge in [-0.3, -0.25) is 9.78 Å². The average molecular weight is 421 g/mol. The summed E-state index contributed by atoms with van der Waals surface area (Å²) in [6.07, 6.45) is 5.62. The number of benzene rings is 1. The van der Waals surface area contributed by atoms with Crippen molar-refractivity contribution in [1.29, 1.82) is 0 Å². The van der Waals surface area contributed by atoms with Gasteiger partial charge in [0.15, 0.2) is 11.5 Å². The number of rotatable bonds is 8. The number of aromatic carboxylic acids is 1. The molecule has 0 bridgehead atoms. The molecule has 3 aromatic rings. The Kier molecular flexibility index (Phi) is 6.61. The van der Waals surface area contributed by atoms with Crippen molar-refractivity contribution in [3.63, 3.8) is 0 Å². The highest BCUT2D eigenvalue weighted by Gasteiger charge is 2.14. The molecule has 1 amide bonds. The number of carboxylic acid groups (broad SMARTS) is 1. The first-order chi connectivity index (χ1) is 14.8. The van der Waals surface area contributed by atoms with Gasteiger partial charge in [-0.05, 0) is 24.6 Å². The van der Waals surface area contributed by atoms with Crippen LogP contribution in [0.2, 0.25) is 0 Å². The zero-order valence-electron chi connectivity index (χ0n) is 16.9. The molecular weight excluding hydrogens is 398 g/mol. The molecule has 0 aliphatic rings. The van der Waals surface area contributed by atoms with E-state index in [1.807, 2.05) is 18.0 Å². The van der Waals surface area contributed by atoms with Gasteiger partial charge in [0.05, 0.1) is 29.5 Å². The van der Waals surface area contributed by atoms with Crippen molar-refractivity contribution >= 4 is 34.8 Å². The minimum atomic E-state index is -1.25. The van der Waals surface area contributed by atoms with Gasteiger partial charge in [0.25, 0.3) is 0 Å². The highest BCUT2D eigenvalue weighted by atomic mass is 16.4. The molecule has 0 saturated carbocycles. The number of nitrogen functional groups attached to an aromatic ring is 2. The molecule has 0 unspecified atom stereocenters. The van der Waals surface area contributed by atoms with Crippen LogP contribution in [0, 0.1) is 0 Å². The molecule has 160 valence electrons. The first-order valence-corrected chi connectivity index (χ1v) is 9.52. The second kappa shape index (κ2) is 9.53. The van der Waals surface area contributed by atoms with E-state index < -0.39 is 5.97 Å². The van der Waals surface area contributed by atoms with Crippen molar-refractivity contribution in [2.75, 3.05) is 35.3 Å². The van der Waals surface area contributed by atoms with Gasteiger partial charge in [0, 0.05) is 37.5 Å². The summed E-state index contributed by atoms with van der Waals surface area (Å²) >= 11 is 0. The molecule has 10 heteroatoms. The number of carbonyl (C=O) groups is 2. The molecule has 0 aliphatic carbocycles. The van der Waals surface area contributed by atoms with E-state index in [1.54, 1.807) is 36.7 Å². The van der Waals surface area contributed by atoms with E-state index in [2.05, 4.69) is 20.3 Å². The van der Waals surface area contributed by atoms with E-state index in [4.69, 9.17) is 16.6 Å². The van der Waals surface area contributed by atoms with Gasteiger partial charge >= 0.3 is 5.97 Å². The zero-order chi connectivity index (χ0) is 22.4. The number of hydrogen-bond donors (Lipinski definition) is 4. The number of amides is 1. The normalized spacial score (nSPS) is 10.5. The quantitative estimate of drug-likeness (QED) is 0.427. The van der Waals surface area contributed by atoms with Crippen LogP contribution < -0.4 is 21.7 Å². The van der Waals surface area contributed by atoms with E-state index in [-0.39, 0.29) is 17.4 Å². The van der Waals surface area contributed by atoms with Crippen LogP contribution in [0.5, 0.6) is 0 Å². The number of pyridine rings is 1. The Bertz CT molecular complexity index is 1100. The molecule has 0 saturated heterocycles. The predicted octanol–water partition coefficient (Wildman–Crippen LogP) is 2.26. The number of nitrogens with one attached hydrogen (secondary N) is 1. The van der Waals surface area contributed by atoms with Gasteiger partial charge in [0.2, 0.25) is 5.91 Å². The van der Waals surface area contributed by atoms with Crippen LogP contribution in [0.25, 0.3) is 11.3 Å². The summed E-state index contributed by atoms with van der Waals surface area (Å²) in [5, 5.41) is 12.0. The summed E-state index contributed by atoms with van der Waals surface area (Å²) in [7, 11) is 1.91. The number of carboxylic acids is 1. The number of nitrogens with two attached hydrogens (primary N) is 2. The molecular formula is C21H23N7O3. The van der Waals surface area contributed by atoms with Crippen LogP contribution in [0.4, 0.5) is 22.9 Å². The van der Waals surface area contributed by atoms with Gasteiger partial charge in [-0.1, -0.05) is 12.1 Å². The van der Waals surface area contributed by atoms with E-state index in [0.29, 0.717) is 42.0 Å². The Labute approximate surface area is 179 Å². The topological polar surface area (TPSA) is 160 Å². The third kappa shape index (κ3) is 5.44. The van der Waals surface area contributed by atoms with Crippen LogP contribution in [0.15, 0.2) is 48.9 Å². The lowest BCUT2D eigenvalue weighted by Gasteiger charge is -2.20. The third-order valence-corrected chi connectivity index (χ3v) is 4.58. The maximum atomic E-state index is 12.3. The molecule has 3 rings (SSSR count). The Balaban J connectivity index is 1.59. The smallest absolute Gasteiger partial charge is 0.358 e. The Morgan fingerprint density at radius 2 is 2.00 bits per heavy atom. The van der Waals surface area contributed by atoms with Crippen molar-refractivity contribution in [1.82, 2.24) is 15.0 Å². The number of carbonyl (C=O) groups excluding carboxylic acids is 1. The van der Waals surface area contributed by atoms with Gasteiger partial charge in [-0.25, -0.2) is 14.8 Å². The number of nitrogens with zero attached hydrogens (tertiary/aromatic N) is 4. The summed E-state index contributed by atoms with van der Waals surface area (Å²) in [6.45, 7) is 0.653. The molecule has 2 aromatic heterocycles. The lowest BCUT2D eigenvalue weighted by Crippen LogP contribution is -2.21. The summed E-state index contributed by atoms with van der Waals surface area (Å²) < 4.78 is 0. The Morgan fingerprint density at radius 1 is 1.19 bits per heavy atom. The summed E-state index contributed by atoms with van der Waals surface area (Å²) in [6, 6.07) is 8.76. The molecule has 10 nitrogen and oxygen atoms in total. The molecule has 0 aliphatic heterocycles. The van der Waals surface area contributed by atoms with E-state index in [9.17, 15) is 9.59 Å². The highest BCUT2D eigenvalue weighted by molar-refractivity contribution is 5.92. The maximum absolute atomic E-state index is 12.3. The van der Waals surface area contributed by atoms with Crippen LogP contribution in [-0.2, 0) is 4.79 Å². The second-order valence-electron chi connectivity index (χ2n) is 6.88. The fourth-order valence-electron chi connectivity index (χ4n) is 3.02.